The lowest BCUT2D eigenvalue weighted by atomic mass is 9.99. The zero-order chi connectivity index (χ0) is 18.4. The van der Waals surface area contributed by atoms with Crippen LogP contribution in [0.25, 0.3) is 0 Å². The van der Waals surface area contributed by atoms with E-state index in [0.29, 0.717) is 6.54 Å². The number of aromatic amines is 1. The highest BCUT2D eigenvalue weighted by Gasteiger charge is 2.17. The molecule has 136 valence electrons. The van der Waals surface area contributed by atoms with E-state index in [1.165, 1.54) is 11.3 Å². The minimum atomic E-state index is -0.0662. The summed E-state index contributed by atoms with van der Waals surface area (Å²) >= 11 is 0. The van der Waals surface area contributed by atoms with Crippen LogP contribution in [0.2, 0.25) is 0 Å². The Bertz CT molecular complexity index is 688. The van der Waals surface area contributed by atoms with E-state index in [2.05, 4.69) is 58.5 Å². The Labute approximate surface area is 150 Å². The topological polar surface area (TPSA) is 61.0 Å². The van der Waals surface area contributed by atoms with Gasteiger partial charge in [0.25, 0.3) is 0 Å². The second-order valence-corrected chi connectivity index (χ2v) is 6.67. The van der Waals surface area contributed by atoms with Crippen molar-refractivity contribution < 1.29 is 4.79 Å². The van der Waals surface area contributed by atoms with E-state index in [-0.39, 0.29) is 11.8 Å². The number of amides is 1. The Morgan fingerprint density at radius 1 is 1.28 bits per heavy atom. The molecule has 2 rings (SSSR count). The van der Waals surface area contributed by atoms with Crippen LogP contribution < -0.4 is 10.2 Å². The lowest BCUT2D eigenvalue weighted by Crippen LogP contribution is -2.38. The molecule has 0 spiro atoms. The number of benzene rings is 1. The Morgan fingerprint density at radius 2 is 2.00 bits per heavy atom. The largest absolute Gasteiger partial charge is 0.370 e. The summed E-state index contributed by atoms with van der Waals surface area (Å²) in [4.78, 5) is 14.7. The number of para-hydroxylation sites is 1. The first-order valence-corrected chi connectivity index (χ1v) is 9.02. The van der Waals surface area contributed by atoms with E-state index in [1.807, 2.05) is 20.8 Å². The van der Waals surface area contributed by atoms with Gasteiger partial charge in [0.05, 0.1) is 5.69 Å². The molecule has 5 nitrogen and oxygen atoms in total. The van der Waals surface area contributed by atoms with E-state index in [9.17, 15) is 4.79 Å². The Kier molecular flexibility index (Phi) is 6.62. The summed E-state index contributed by atoms with van der Waals surface area (Å²) in [7, 11) is 0. The van der Waals surface area contributed by atoms with Gasteiger partial charge in [0.2, 0.25) is 5.91 Å². The molecule has 0 saturated carbocycles. The van der Waals surface area contributed by atoms with E-state index >= 15 is 0 Å². The lowest BCUT2D eigenvalue weighted by molar-refractivity contribution is -0.124. The van der Waals surface area contributed by atoms with Gasteiger partial charge in [-0.2, -0.15) is 5.10 Å². The number of aromatic nitrogens is 2. The second-order valence-electron chi connectivity index (χ2n) is 6.67. The maximum Gasteiger partial charge on any atom is 0.223 e. The van der Waals surface area contributed by atoms with Gasteiger partial charge in [0, 0.05) is 36.9 Å². The van der Waals surface area contributed by atoms with Crippen LogP contribution in [-0.4, -0.2) is 35.7 Å². The molecule has 5 heteroatoms. The zero-order valence-electron chi connectivity index (χ0n) is 16.0. The van der Waals surface area contributed by atoms with E-state index in [4.69, 9.17) is 0 Å². The number of carbonyl (C=O) groups excluding carboxylic acids is 1. The van der Waals surface area contributed by atoms with Crippen LogP contribution in [0.5, 0.6) is 0 Å². The standard InChI is InChI=1S/C20H30N4O/c1-6-24(19-10-8-7-9-14(19)2)12-11-21-20(25)15(3)13-18-16(4)22-23-17(18)5/h7-10,15H,6,11-13H2,1-5H3,(H,21,25)(H,22,23). The van der Waals surface area contributed by atoms with Gasteiger partial charge in [-0.15, -0.1) is 0 Å². The van der Waals surface area contributed by atoms with Crippen molar-refractivity contribution in [3.63, 3.8) is 0 Å². The number of hydrogen-bond donors (Lipinski definition) is 2. The van der Waals surface area contributed by atoms with Gasteiger partial charge in [-0.05, 0) is 51.3 Å². The normalized spacial score (nSPS) is 12.0. The molecule has 0 aliphatic heterocycles. The van der Waals surface area contributed by atoms with Crippen LogP contribution in [-0.2, 0) is 11.2 Å². The molecule has 0 fully saturated rings. The minimum absolute atomic E-state index is 0.0662. The van der Waals surface area contributed by atoms with Gasteiger partial charge < -0.3 is 10.2 Å². The molecule has 1 heterocycles. The molecule has 1 unspecified atom stereocenters. The monoisotopic (exact) mass is 342 g/mol. The Morgan fingerprint density at radius 3 is 2.60 bits per heavy atom. The van der Waals surface area contributed by atoms with Crippen molar-refractivity contribution in [2.45, 2.75) is 41.0 Å². The SMILES string of the molecule is CCN(CCNC(=O)C(C)Cc1c(C)n[nH]c1C)c1ccccc1C. The summed E-state index contributed by atoms with van der Waals surface area (Å²) in [6.07, 6.45) is 0.718. The number of hydrogen-bond acceptors (Lipinski definition) is 3. The molecule has 0 aliphatic rings. The van der Waals surface area contributed by atoms with E-state index in [0.717, 1.165) is 36.5 Å². The smallest absolute Gasteiger partial charge is 0.223 e. The van der Waals surface area contributed by atoms with Gasteiger partial charge >= 0.3 is 0 Å². The van der Waals surface area contributed by atoms with Gasteiger partial charge in [-0.3, -0.25) is 9.89 Å². The van der Waals surface area contributed by atoms with Crippen LogP contribution in [0, 0.1) is 26.7 Å². The van der Waals surface area contributed by atoms with Gasteiger partial charge in [0.15, 0.2) is 0 Å². The van der Waals surface area contributed by atoms with Crippen molar-refractivity contribution >= 4 is 11.6 Å². The molecule has 2 aromatic rings. The lowest BCUT2D eigenvalue weighted by Gasteiger charge is -2.25. The maximum absolute atomic E-state index is 12.4. The van der Waals surface area contributed by atoms with E-state index in [1.54, 1.807) is 0 Å². The molecule has 0 aliphatic carbocycles. The zero-order valence-corrected chi connectivity index (χ0v) is 16.0. The number of carbonyl (C=O) groups is 1. The second kappa shape index (κ2) is 8.70. The summed E-state index contributed by atoms with van der Waals surface area (Å²) in [6.45, 7) is 12.6. The summed E-state index contributed by atoms with van der Waals surface area (Å²) in [6, 6.07) is 8.36. The van der Waals surface area contributed by atoms with Crippen LogP contribution in [0.3, 0.4) is 0 Å². The fourth-order valence-corrected chi connectivity index (χ4v) is 3.13. The summed E-state index contributed by atoms with van der Waals surface area (Å²) in [5.41, 5.74) is 5.67. The number of likely N-dealkylation sites (N-methyl/N-ethyl adjacent to an activating group) is 1. The van der Waals surface area contributed by atoms with Crippen LogP contribution in [0.15, 0.2) is 24.3 Å². The van der Waals surface area contributed by atoms with Crippen LogP contribution in [0.4, 0.5) is 5.69 Å². The number of anilines is 1. The number of H-pyrrole nitrogens is 1. The predicted molar refractivity (Wildman–Crippen MR) is 103 cm³/mol. The molecule has 2 N–H and O–H groups in total. The number of nitrogens with one attached hydrogen (secondary N) is 2. The number of rotatable bonds is 8. The highest BCUT2D eigenvalue weighted by atomic mass is 16.1. The molecule has 25 heavy (non-hydrogen) atoms. The van der Waals surface area contributed by atoms with E-state index < -0.39 is 0 Å². The van der Waals surface area contributed by atoms with Gasteiger partial charge in [0.1, 0.15) is 0 Å². The molecule has 1 aromatic carbocycles. The molecule has 1 amide bonds. The van der Waals surface area contributed by atoms with Gasteiger partial charge in [-0.25, -0.2) is 0 Å². The highest BCUT2D eigenvalue weighted by molar-refractivity contribution is 5.78. The fourth-order valence-electron chi connectivity index (χ4n) is 3.13. The molecule has 0 radical (unpaired) electrons. The van der Waals surface area contributed by atoms with Gasteiger partial charge in [-0.1, -0.05) is 25.1 Å². The van der Waals surface area contributed by atoms with Crippen molar-refractivity contribution in [2.75, 3.05) is 24.5 Å². The third-order valence-corrected chi connectivity index (χ3v) is 4.76. The predicted octanol–water partition coefficient (Wildman–Crippen LogP) is 3.16. The molecular weight excluding hydrogens is 312 g/mol. The molecule has 1 atom stereocenters. The Balaban J connectivity index is 1.86. The average molecular weight is 342 g/mol. The fraction of sp³-hybridized carbons (Fsp3) is 0.500. The summed E-state index contributed by atoms with van der Waals surface area (Å²) in [5.74, 6) is 0.0318. The molecule has 0 bridgehead atoms. The summed E-state index contributed by atoms with van der Waals surface area (Å²) in [5, 5.41) is 10.3. The van der Waals surface area contributed by atoms with Crippen molar-refractivity contribution in [1.29, 1.82) is 0 Å². The molecule has 1 aromatic heterocycles. The van der Waals surface area contributed by atoms with Crippen molar-refractivity contribution in [2.24, 2.45) is 5.92 Å². The first-order chi connectivity index (χ1) is 11.9. The molecular formula is C20H30N4O. The average Bonchev–Trinajstić information content (AvgIpc) is 2.91. The quantitative estimate of drug-likeness (QED) is 0.775. The first-order valence-electron chi connectivity index (χ1n) is 9.02. The summed E-state index contributed by atoms with van der Waals surface area (Å²) < 4.78 is 0. The third kappa shape index (κ3) is 4.84. The first kappa shape index (κ1) is 19.0. The van der Waals surface area contributed by atoms with Crippen molar-refractivity contribution in [3.8, 4) is 0 Å². The van der Waals surface area contributed by atoms with Crippen molar-refractivity contribution in [1.82, 2.24) is 15.5 Å². The minimum Gasteiger partial charge on any atom is -0.370 e. The number of aryl methyl sites for hydroxylation is 3. The maximum atomic E-state index is 12.4. The number of nitrogens with zero attached hydrogens (tertiary/aromatic N) is 2. The Hall–Kier alpha value is -2.30. The third-order valence-electron chi connectivity index (χ3n) is 4.76. The van der Waals surface area contributed by atoms with Crippen LogP contribution >= 0.6 is 0 Å². The van der Waals surface area contributed by atoms with Crippen LogP contribution in [0.1, 0.15) is 36.4 Å². The highest BCUT2D eigenvalue weighted by Crippen LogP contribution is 2.18. The molecule has 0 saturated heterocycles. The van der Waals surface area contributed by atoms with Crippen molar-refractivity contribution in [3.05, 3.63) is 46.8 Å².